The molecular weight excluding hydrogens is 518 g/mol. The van der Waals surface area contributed by atoms with E-state index in [1.165, 1.54) is 43.3 Å². The number of aromatic nitrogens is 2. The molecule has 4 aromatic rings. The third kappa shape index (κ3) is 5.48. The van der Waals surface area contributed by atoms with Crippen LogP contribution in [0.25, 0.3) is 11.0 Å². The second-order valence-corrected chi connectivity index (χ2v) is 8.59. The van der Waals surface area contributed by atoms with E-state index in [9.17, 15) is 33.6 Å². The minimum absolute atomic E-state index is 0.00592. The number of hydrogen-bond donors (Lipinski definition) is 2. The maximum absolute atomic E-state index is 13.2. The molecule has 0 radical (unpaired) electrons. The average molecular weight is 540 g/mol. The van der Waals surface area contributed by atoms with Gasteiger partial charge in [0, 0.05) is 16.7 Å². The Morgan fingerprint density at radius 1 is 0.850 bits per heavy atom. The summed E-state index contributed by atoms with van der Waals surface area (Å²) in [6.07, 6.45) is 0. The van der Waals surface area contributed by atoms with Crippen LogP contribution in [-0.2, 0) is 23.9 Å². The van der Waals surface area contributed by atoms with Gasteiger partial charge in [0.15, 0.2) is 11.6 Å². The van der Waals surface area contributed by atoms with E-state index in [1.807, 2.05) is 0 Å². The zero-order valence-electron chi connectivity index (χ0n) is 21.2. The van der Waals surface area contributed by atoms with Crippen molar-refractivity contribution in [2.24, 2.45) is 0 Å². The topological polar surface area (TPSA) is 169 Å². The number of amides is 1. The standard InChI is InChI=1S/C29H21N3O8/c1-15(33)18-10-6-7-11-19(18)31-28(38)25(35)22(26(36)29(39)40-2)23-27(37)32-21-14-17(12-13-20(21)30-23)24(34)16-8-4-3-5-9-16/h3-14,22H,1-2H3,(H,31,38)(H,32,37). The predicted molar refractivity (Wildman–Crippen MR) is 142 cm³/mol. The van der Waals surface area contributed by atoms with Crippen LogP contribution in [0, 0.1) is 0 Å². The van der Waals surface area contributed by atoms with Crippen LogP contribution < -0.4 is 10.9 Å². The van der Waals surface area contributed by atoms with Crippen LogP contribution in [0.5, 0.6) is 0 Å². The number of H-pyrrole nitrogens is 1. The van der Waals surface area contributed by atoms with Crippen molar-refractivity contribution >= 4 is 51.7 Å². The van der Waals surface area contributed by atoms with Crippen LogP contribution in [0.1, 0.15) is 44.8 Å². The van der Waals surface area contributed by atoms with Gasteiger partial charge < -0.3 is 15.0 Å². The fourth-order valence-electron chi connectivity index (χ4n) is 3.99. The zero-order chi connectivity index (χ0) is 29.0. The van der Waals surface area contributed by atoms with E-state index in [2.05, 4.69) is 20.0 Å². The lowest BCUT2D eigenvalue weighted by Gasteiger charge is -2.14. The summed E-state index contributed by atoms with van der Waals surface area (Å²) >= 11 is 0. The molecule has 1 heterocycles. The average Bonchev–Trinajstić information content (AvgIpc) is 2.96. The molecule has 11 heteroatoms. The van der Waals surface area contributed by atoms with Gasteiger partial charge in [-0.3, -0.25) is 28.8 Å². The largest absolute Gasteiger partial charge is 0.463 e. The van der Waals surface area contributed by atoms with Crippen LogP contribution in [0.4, 0.5) is 5.69 Å². The molecule has 11 nitrogen and oxygen atoms in total. The maximum atomic E-state index is 13.2. The van der Waals surface area contributed by atoms with Crippen molar-refractivity contribution in [2.75, 3.05) is 12.4 Å². The number of esters is 1. The molecule has 0 aliphatic heterocycles. The molecule has 0 aliphatic rings. The summed E-state index contributed by atoms with van der Waals surface area (Å²) in [5, 5.41) is 2.25. The van der Waals surface area contributed by atoms with Crippen LogP contribution in [0.3, 0.4) is 0 Å². The number of rotatable bonds is 9. The van der Waals surface area contributed by atoms with E-state index < -0.39 is 46.4 Å². The summed E-state index contributed by atoms with van der Waals surface area (Å²) in [6, 6.07) is 18.5. The minimum Gasteiger partial charge on any atom is -0.463 e. The van der Waals surface area contributed by atoms with Gasteiger partial charge in [0.25, 0.3) is 17.2 Å². The van der Waals surface area contributed by atoms with Crippen molar-refractivity contribution in [1.29, 1.82) is 0 Å². The highest BCUT2D eigenvalue weighted by Crippen LogP contribution is 2.21. The SMILES string of the molecule is COC(=O)C(=O)C(C(=O)C(=O)Nc1ccccc1C(C)=O)c1nc2ccc(C(=O)c3ccccc3)cc2[nH]c1=O. The first-order valence-electron chi connectivity index (χ1n) is 11.8. The molecule has 0 spiro atoms. The number of ketones is 4. The first-order valence-corrected chi connectivity index (χ1v) is 11.8. The van der Waals surface area contributed by atoms with Gasteiger partial charge in [0.2, 0.25) is 5.78 Å². The van der Waals surface area contributed by atoms with E-state index in [0.717, 1.165) is 7.11 Å². The van der Waals surface area contributed by atoms with Crippen molar-refractivity contribution in [3.8, 4) is 0 Å². The number of nitrogens with one attached hydrogen (secondary N) is 2. The summed E-state index contributed by atoms with van der Waals surface area (Å²) in [4.78, 5) is 95.4. The molecule has 1 aromatic heterocycles. The van der Waals surface area contributed by atoms with E-state index in [4.69, 9.17) is 0 Å². The van der Waals surface area contributed by atoms with Crippen LogP contribution >= 0.6 is 0 Å². The van der Waals surface area contributed by atoms with Crippen molar-refractivity contribution in [2.45, 2.75) is 12.8 Å². The highest BCUT2D eigenvalue weighted by Gasteiger charge is 2.40. The molecule has 2 N–H and O–H groups in total. The van der Waals surface area contributed by atoms with Gasteiger partial charge in [-0.25, -0.2) is 9.78 Å². The van der Waals surface area contributed by atoms with Crippen molar-refractivity contribution in [1.82, 2.24) is 9.97 Å². The third-order valence-electron chi connectivity index (χ3n) is 5.98. The molecule has 0 saturated carbocycles. The van der Waals surface area contributed by atoms with E-state index >= 15 is 0 Å². The number of carbonyl (C=O) groups is 6. The van der Waals surface area contributed by atoms with Crippen molar-refractivity contribution < 1.29 is 33.5 Å². The second kappa shape index (κ2) is 11.4. The number of aromatic amines is 1. The van der Waals surface area contributed by atoms with Gasteiger partial charge in [-0.15, -0.1) is 0 Å². The Labute approximate surface area is 226 Å². The number of nitrogens with zero attached hydrogens (tertiary/aromatic N) is 1. The van der Waals surface area contributed by atoms with Crippen molar-refractivity contribution in [3.05, 3.63) is 106 Å². The van der Waals surface area contributed by atoms with Crippen LogP contribution in [-0.4, -0.2) is 52.1 Å². The smallest absolute Gasteiger partial charge is 0.375 e. The van der Waals surface area contributed by atoms with Gasteiger partial charge in [-0.05, 0) is 37.3 Å². The van der Waals surface area contributed by atoms with E-state index in [1.54, 1.807) is 36.4 Å². The number of benzene rings is 3. The van der Waals surface area contributed by atoms with Crippen LogP contribution in [0.15, 0.2) is 77.6 Å². The molecule has 1 unspecified atom stereocenters. The van der Waals surface area contributed by atoms with E-state index in [-0.39, 0.29) is 33.6 Å². The van der Waals surface area contributed by atoms with Crippen molar-refractivity contribution in [3.63, 3.8) is 0 Å². The summed E-state index contributed by atoms with van der Waals surface area (Å²) in [7, 11) is 0.897. The number of para-hydroxylation sites is 1. The molecule has 0 saturated heterocycles. The number of carbonyl (C=O) groups excluding carboxylic acids is 6. The number of methoxy groups -OCH3 is 1. The lowest BCUT2D eigenvalue weighted by Crippen LogP contribution is -2.39. The number of anilines is 1. The Hall–Kier alpha value is -5.58. The molecule has 3 aromatic carbocycles. The molecule has 200 valence electrons. The molecule has 4 rings (SSSR count). The predicted octanol–water partition coefficient (Wildman–Crippen LogP) is 2.39. The van der Waals surface area contributed by atoms with Gasteiger partial charge >= 0.3 is 5.97 Å². The zero-order valence-corrected chi connectivity index (χ0v) is 21.2. The third-order valence-corrected chi connectivity index (χ3v) is 5.98. The Balaban J connectivity index is 1.74. The highest BCUT2D eigenvalue weighted by atomic mass is 16.5. The lowest BCUT2D eigenvalue weighted by molar-refractivity contribution is -0.154. The molecular formula is C29H21N3O8. The fraction of sp³-hybridized carbons (Fsp3) is 0.103. The molecule has 0 fully saturated rings. The molecule has 1 atom stereocenters. The second-order valence-electron chi connectivity index (χ2n) is 8.59. The minimum atomic E-state index is -2.24. The number of fused-ring (bicyclic) bond motifs is 1. The fourth-order valence-corrected chi connectivity index (χ4v) is 3.99. The summed E-state index contributed by atoms with van der Waals surface area (Å²) in [5.41, 5.74) is -0.805. The Morgan fingerprint density at radius 2 is 1.52 bits per heavy atom. The highest BCUT2D eigenvalue weighted by molar-refractivity contribution is 6.52. The normalized spacial score (nSPS) is 11.3. The van der Waals surface area contributed by atoms with E-state index in [0.29, 0.717) is 5.56 Å². The quantitative estimate of drug-likeness (QED) is 0.140. The van der Waals surface area contributed by atoms with Crippen LogP contribution in [0.2, 0.25) is 0 Å². The van der Waals surface area contributed by atoms with Gasteiger partial charge in [0.1, 0.15) is 11.6 Å². The molecule has 0 bridgehead atoms. The molecule has 0 aliphatic carbocycles. The number of Topliss-reactive ketones (excluding diaryl/α,β-unsaturated/α-hetero) is 3. The maximum Gasteiger partial charge on any atom is 0.375 e. The lowest BCUT2D eigenvalue weighted by atomic mass is 9.93. The summed E-state index contributed by atoms with van der Waals surface area (Å²) in [6.45, 7) is 1.26. The summed E-state index contributed by atoms with van der Waals surface area (Å²) < 4.78 is 4.43. The van der Waals surface area contributed by atoms with Gasteiger partial charge in [0.05, 0.1) is 23.8 Å². The number of ether oxygens (including phenoxy) is 1. The van der Waals surface area contributed by atoms with Gasteiger partial charge in [-0.1, -0.05) is 42.5 Å². The first kappa shape index (κ1) is 27.5. The monoisotopic (exact) mass is 539 g/mol. The Morgan fingerprint density at radius 3 is 2.20 bits per heavy atom. The first-order chi connectivity index (χ1) is 19.1. The number of hydrogen-bond acceptors (Lipinski definition) is 9. The molecule has 1 amide bonds. The molecule has 40 heavy (non-hydrogen) atoms. The Kier molecular flexibility index (Phi) is 7.85. The summed E-state index contributed by atoms with van der Waals surface area (Å²) in [5.74, 6) is -8.75. The Bertz CT molecular complexity index is 1760. The van der Waals surface area contributed by atoms with Gasteiger partial charge in [-0.2, -0.15) is 0 Å².